The Labute approximate surface area is 63.7 Å². The van der Waals surface area contributed by atoms with Gasteiger partial charge in [0.25, 0.3) is 0 Å². The minimum atomic E-state index is 0. The van der Waals surface area contributed by atoms with E-state index in [0.717, 1.165) is 6.61 Å². The van der Waals surface area contributed by atoms with Crippen LogP contribution >= 0.6 is 0 Å². The molecule has 0 rings (SSSR count). The summed E-state index contributed by atoms with van der Waals surface area (Å²) in [7, 11) is 0. The van der Waals surface area contributed by atoms with E-state index in [9.17, 15) is 0 Å². The number of hydrogen-bond acceptors (Lipinski definition) is 1. The second kappa shape index (κ2) is 15.6. The summed E-state index contributed by atoms with van der Waals surface area (Å²) in [4.78, 5) is 0. The number of hydrogen-bond donors (Lipinski definition) is 0. The zero-order chi connectivity index (χ0) is 4.83. The Bertz CT molecular complexity index is 23.2. The van der Waals surface area contributed by atoms with Gasteiger partial charge in [-0.15, -0.1) is 0 Å². The summed E-state index contributed by atoms with van der Waals surface area (Å²) < 4.78 is 4.87. The Kier molecular flexibility index (Phi) is 31.0. The molecule has 0 aromatic carbocycles. The van der Waals surface area contributed by atoms with Gasteiger partial charge in [0.2, 0.25) is 0 Å². The largest absolute Gasteiger partial charge is 0.412 e. The predicted molar refractivity (Wildman–Crippen MR) is 33.8 cm³/mol. The van der Waals surface area contributed by atoms with Crippen LogP contribution in [0.3, 0.4) is 0 Å². The third kappa shape index (κ3) is 15.9. The maximum absolute atomic E-state index is 4.87. The zero-order valence-corrected chi connectivity index (χ0v) is 7.88. The first kappa shape index (κ1) is 15.9. The minimum Gasteiger partial charge on any atom is -0.412 e. The molecule has 0 aliphatic heterocycles. The van der Waals surface area contributed by atoms with Crippen molar-refractivity contribution in [2.24, 2.45) is 0 Å². The Hall–Kier alpha value is 0.679. The van der Waals surface area contributed by atoms with E-state index < -0.39 is 0 Å². The molecule has 0 unspecified atom stereocenters. The summed E-state index contributed by atoms with van der Waals surface area (Å²) in [6, 6.07) is 0. The van der Waals surface area contributed by atoms with Crippen molar-refractivity contribution < 1.29 is 14.0 Å². The molecular formula is C4H13O3Sn. The van der Waals surface area contributed by atoms with Crippen LogP contribution in [0.1, 0.15) is 19.8 Å². The topological polar surface area (TPSA) is 72.2 Å². The van der Waals surface area contributed by atoms with Crippen LogP contribution in [0.25, 0.3) is 0 Å². The summed E-state index contributed by atoms with van der Waals surface area (Å²) >= 11 is 1.19. The average Bonchev–Trinajstić information content (AvgIpc) is 1.61. The molecule has 0 saturated carbocycles. The molecule has 51 valence electrons. The molecule has 0 saturated heterocycles. The molecule has 0 aliphatic carbocycles. The number of rotatable bonds is 3. The van der Waals surface area contributed by atoms with Crippen LogP contribution in [0.15, 0.2) is 0 Å². The van der Waals surface area contributed by atoms with Crippen LogP contribution in [-0.4, -0.2) is 40.5 Å². The monoisotopic (exact) mass is 229 g/mol. The fourth-order valence-electron chi connectivity index (χ4n) is 0.217. The van der Waals surface area contributed by atoms with Crippen molar-refractivity contribution in [3.05, 3.63) is 0 Å². The van der Waals surface area contributed by atoms with Crippen LogP contribution in [0.5, 0.6) is 0 Å². The van der Waals surface area contributed by atoms with Gasteiger partial charge in [0, 0.05) is 0 Å². The smallest absolute Gasteiger partial charge is 0.412 e. The molecule has 0 aromatic heterocycles. The van der Waals surface area contributed by atoms with Gasteiger partial charge in [0.15, 0.2) is 0 Å². The van der Waals surface area contributed by atoms with E-state index in [1.165, 1.54) is 35.8 Å². The Balaban J connectivity index is -0.000000125. The first-order valence-corrected chi connectivity index (χ1v) is 3.37. The molecule has 0 aromatic rings. The maximum atomic E-state index is 4.87. The summed E-state index contributed by atoms with van der Waals surface area (Å²) in [5.74, 6) is 0. The second-order valence-corrected chi connectivity index (χ2v) is 2.03. The molecule has 3 radical (unpaired) electrons. The van der Waals surface area contributed by atoms with Crippen LogP contribution in [0, 0.1) is 0 Å². The third-order valence-electron chi connectivity index (χ3n) is 0.600. The molecule has 3 nitrogen and oxygen atoms in total. The van der Waals surface area contributed by atoms with Gasteiger partial charge < -0.3 is 11.0 Å². The van der Waals surface area contributed by atoms with Gasteiger partial charge >= 0.3 is 52.4 Å². The molecular weight excluding hydrogens is 215 g/mol. The average molecular weight is 228 g/mol. The predicted octanol–water partition coefficient (Wildman–Crippen LogP) is -0.763. The molecule has 0 aliphatic rings. The molecule has 4 heteroatoms. The zero-order valence-electron chi connectivity index (χ0n) is 5.03. The van der Waals surface area contributed by atoms with Crippen LogP contribution in [0.2, 0.25) is 0 Å². The Morgan fingerprint density at radius 2 is 1.88 bits per heavy atom. The molecule has 0 fully saturated rings. The van der Waals surface area contributed by atoms with Gasteiger partial charge in [-0.05, 0) is 0 Å². The van der Waals surface area contributed by atoms with Crippen molar-refractivity contribution in [3.63, 3.8) is 0 Å². The summed E-state index contributed by atoms with van der Waals surface area (Å²) in [6.45, 7) is 3.12. The second-order valence-electron chi connectivity index (χ2n) is 1.20. The molecule has 0 heterocycles. The van der Waals surface area contributed by atoms with Gasteiger partial charge in [-0.25, -0.2) is 0 Å². The van der Waals surface area contributed by atoms with Crippen molar-refractivity contribution in [2.45, 2.75) is 19.8 Å². The van der Waals surface area contributed by atoms with Gasteiger partial charge in [0.05, 0.1) is 0 Å². The molecule has 8 heavy (non-hydrogen) atoms. The number of unbranched alkanes of at least 4 members (excludes halogenated alkanes) is 1. The Morgan fingerprint density at radius 1 is 1.38 bits per heavy atom. The minimum absolute atomic E-state index is 0. The first-order chi connectivity index (χ1) is 2.91. The molecule has 0 spiro atoms. The van der Waals surface area contributed by atoms with Crippen molar-refractivity contribution in [3.8, 4) is 0 Å². The van der Waals surface area contributed by atoms with E-state index in [0.29, 0.717) is 0 Å². The van der Waals surface area contributed by atoms with Crippen molar-refractivity contribution in [1.29, 1.82) is 0 Å². The summed E-state index contributed by atoms with van der Waals surface area (Å²) in [5.41, 5.74) is 0. The molecule has 0 amide bonds. The van der Waals surface area contributed by atoms with E-state index in [2.05, 4.69) is 6.92 Å². The SMILES string of the molecule is CCCC[O][Sn].O.O. The fraction of sp³-hybridized carbons (Fsp3) is 1.00. The standard InChI is InChI=1S/C4H9O.2H2O.Sn/c1-2-3-4-5;;;/h2-4H2,1H3;2*1H2;/q-1;;;+1. The van der Waals surface area contributed by atoms with Gasteiger partial charge in [-0.2, -0.15) is 0 Å². The van der Waals surface area contributed by atoms with Crippen LogP contribution in [0.4, 0.5) is 0 Å². The van der Waals surface area contributed by atoms with E-state index in [4.69, 9.17) is 3.07 Å². The van der Waals surface area contributed by atoms with Gasteiger partial charge in [-0.3, -0.25) is 0 Å². The summed E-state index contributed by atoms with van der Waals surface area (Å²) in [5, 5.41) is 0. The van der Waals surface area contributed by atoms with E-state index >= 15 is 0 Å². The van der Waals surface area contributed by atoms with Crippen molar-refractivity contribution >= 4 is 22.9 Å². The fourth-order valence-corrected chi connectivity index (χ4v) is 0.628. The van der Waals surface area contributed by atoms with Gasteiger partial charge in [-0.1, -0.05) is 0 Å². The maximum Gasteiger partial charge on any atom is -0.412 e. The van der Waals surface area contributed by atoms with E-state index in [1.54, 1.807) is 0 Å². The Morgan fingerprint density at radius 3 is 2.00 bits per heavy atom. The van der Waals surface area contributed by atoms with E-state index in [-0.39, 0.29) is 11.0 Å². The quantitative estimate of drug-likeness (QED) is 0.462. The normalized spacial score (nSPS) is 6.75. The van der Waals surface area contributed by atoms with Crippen LogP contribution < -0.4 is 0 Å². The van der Waals surface area contributed by atoms with Crippen LogP contribution in [-0.2, 0) is 3.07 Å². The third-order valence-corrected chi connectivity index (χ3v) is 1.18. The van der Waals surface area contributed by atoms with E-state index in [1.807, 2.05) is 0 Å². The molecule has 4 N–H and O–H groups in total. The van der Waals surface area contributed by atoms with Gasteiger partial charge in [0.1, 0.15) is 0 Å². The van der Waals surface area contributed by atoms with Crippen molar-refractivity contribution in [2.75, 3.05) is 6.61 Å². The molecule has 0 bridgehead atoms. The first-order valence-electron chi connectivity index (χ1n) is 2.20. The molecule has 0 atom stereocenters. The summed E-state index contributed by atoms with van der Waals surface area (Å²) in [6.07, 6.45) is 2.46. The van der Waals surface area contributed by atoms with Crippen molar-refractivity contribution in [1.82, 2.24) is 0 Å².